The highest BCUT2D eigenvalue weighted by Gasteiger charge is 2.30. The molecule has 0 saturated carbocycles. The Balaban J connectivity index is 1.57. The van der Waals surface area contributed by atoms with E-state index in [-0.39, 0.29) is 24.3 Å². The van der Waals surface area contributed by atoms with Crippen molar-refractivity contribution in [3.8, 4) is 0 Å². The third-order valence-corrected chi connectivity index (χ3v) is 6.38. The van der Waals surface area contributed by atoms with Gasteiger partial charge >= 0.3 is 0 Å². The molecule has 1 aliphatic heterocycles. The number of nitrogens with zero attached hydrogens (tertiary/aromatic N) is 2. The molecule has 2 heterocycles. The van der Waals surface area contributed by atoms with E-state index in [4.69, 9.17) is 20.8 Å². The van der Waals surface area contributed by atoms with Gasteiger partial charge in [-0.2, -0.15) is 0 Å². The van der Waals surface area contributed by atoms with Crippen LogP contribution in [0.1, 0.15) is 39.4 Å². The van der Waals surface area contributed by atoms with Crippen LogP contribution in [0.4, 0.5) is 10.1 Å². The summed E-state index contributed by atoms with van der Waals surface area (Å²) >= 11 is 6.40. The Morgan fingerprint density at radius 3 is 2.71 bits per heavy atom. The maximum absolute atomic E-state index is 14.9. The number of hydrogen-bond acceptors (Lipinski definition) is 5. The van der Waals surface area contributed by atoms with Gasteiger partial charge in [-0.15, -0.1) is 0 Å². The molecule has 9 heteroatoms. The number of anilines is 1. The maximum atomic E-state index is 14.9. The van der Waals surface area contributed by atoms with Gasteiger partial charge in [-0.05, 0) is 43.3 Å². The number of morpholine rings is 1. The molecule has 0 spiro atoms. The molecule has 0 radical (unpaired) electrons. The van der Waals surface area contributed by atoms with Gasteiger partial charge in [-0.1, -0.05) is 29.8 Å². The van der Waals surface area contributed by atoms with Crippen molar-refractivity contribution in [1.82, 2.24) is 10.2 Å². The van der Waals surface area contributed by atoms with Gasteiger partial charge in [0, 0.05) is 37.3 Å². The third kappa shape index (κ3) is 5.56. The number of carbonyl (C=O) groups excluding carboxylic acids is 2. The molecule has 0 bridgehead atoms. The lowest BCUT2D eigenvalue weighted by molar-refractivity contribution is -0.0346. The molecular weight excluding hydrogens is 473 g/mol. The topological polar surface area (TPSA) is 75.0 Å². The smallest absolute Gasteiger partial charge is 0.293 e. The fraction of sp³-hybridized carbons (Fsp3) is 0.308. The number of rotatable bonds is 7. The first-order valence-corrected chi connectivity index (χ1v) is 11.7. The Morgan fingerprint density at radius 2 is 2.00 bits per heavy atom. The second kappa shape index (κ2) is 11.0. The Bertz CT molecular complexity index is 1170. The van der Waals surface area contributed by atoms with Gasteiger partial charge in [0.15, 0.2) is 5.76 Å². The van der Waals surface area contributed by atoms with E-state index < -0.39 is 17.8 Å². The first-order chi connectivity index (χ1) is 16.9. The molecule has 0 aliphatic carbocycles. The normalized spacial score (nSPS) is 17.1. The number of ether oxygens (including phenoxy) is 1. The predicted molar refractivity (Wildman–Crippen MR) is 131 cm³/mol. The second-order valence-corrected chi connectivity index (χ2v) is 8.80. The lowest BCUT2D eigenvalue weighted by atomic mass is 10.0. The van der Waals surface area contributed by atoms with Gasteiger partial charge in [0.05, 0.1) is 36.3 Å². The van der Waals surface area contributed by atoms with Crippen LogP contribution in [0.2, 0.25) is 5.02 Å². The summed E-state index contributed by atoms with van der Waals surface area (Å²) in [5.41, 5.74) is 1.07. The number of furan rings is 1. The van der Waals surface area contributed by atoms with E-state index in [1.165, 1.54) is 17.2 Å². The molecule has 3 aromatic rings. The number of halogens is 2. The number of nitrogens with one attached hydrogen (secondary N) is 1. The molecule has 184 valence electrons. The standard InChI is InChI=1S/C26H27ClFN3O4/c1-17-16-31(12-14-34-17)22(24-19(27)8-5-9-20(24)28)15-29-25(32)18-7-3-4-10-21(18)30(2)26(33)23-11-6-13-35-23/h3-11,13,17,22H,12,14-16H2,1-2H3,(H,29,32). The minimum Gasteiger partial charge on any atom is -0.459 e. The number of benzene rings is 2. The first-order valence-electron chi connectivity index (χ1n) is 11.3. The van der Waals surface area contributed by atoms with E-state index in [2.05, 4.69) is 10.2 Å². The Labute approximate surface area is 208 Å². The summed E-state index contributed by atoms with van der Waals surface area (Å²) in [7, 11) is 1.58. The van der Waals surface area contributed by atoms with Crippen molar-refractivity contribution in [3.05, 3.63) is 88.6 Å². The number of hydrogen-bond donors (Lipinski definition) is 1. The van der Waals surface area contributed by atoms with Gasteiger partial charge in [0.2, 0.25) is 0 Å². The predicted octanol–water partition coefficient (Wildman–Crippen LogP) is 4.54. The second-order valence-electron chi connectivity index (χ2n) is 8.40. The molecule has 35 heavy (non-hydrogen) atoms. The minimum absolute atomic E-state index is 0.0329. The summed E-state index contributed by atoms with van der Waals surface area (Å²) in [6, 6.07) is 14.0. The van der Waals surface area contributed by atoms with Crippen molar-refractivity contribution in [2.24, 2.45) is 0 Å². The highest BCUT2D eigenvalue weighted by Crippen LogP contribution is 2.31. The Hall–Kier alpha value is -3.20. The van der Waals surface area contributed by atoms with E-state index in [1.807, 2.05) is 6.92 Å². The molecule has 7 nitrogen and oxygen atoms in total. The molecular formula is C26H27ClFN3O4. The minimum atomic E-state index is -0.492. The monoisotopic (exact) mass is 499 g/mol. The van der Waals surface area contributed by atoms with Crippen LogP contribution in [0.15, 0.2) is 65.3 Å². The zero-order chi connectivity index (χ0) is 24.9. The van der Waals surface area contributed by atoms with Crippen molar-refractivity contribution >= 4 is 29.1 Å². The van der Waals surface area contributed by atoms with Crippen LogP contribution in [0.25, 0.3) is 0 Å². The van der Waals surface area contributed by atoms with E-state index in [9.17, 15) is 14.0 Å². The highest BCUT2D eigenvalue weighted by atomic mass is 35.5. The van der Waals surface area contributed by atoms with Crippen LogP contribution in [-0.2, 0) is 4.74 Å². The number of amides is 2. The summed E-state index contributed by atoms with van der Waals surface area (Å²) in [4.78, 5) is 29.5. The van der Waals surface area contributed by atoms with E-state index in [0.717, 1.165) is 0 Å². The molecule has 4 rings (SSSR count). The average molecular weight is 500 g/mol. The van der Waals surface area contributed by atoms with Gasteiger partial charge in [0.1, 0.15) is 5.82 Å². The quantitative estimate of drug-likeness (QED) is 0.516. The van der Waals surface area contributed by atoms with E-state index in [1.54, 1.807) is 55.6 Å². The van der Waals surface area contributed by atoms with E-state index >= 15 is 0 Å². The number of carbonyl (C=O) groups is 2. The van der Waals surface area contributed by atoms with Crippen LogP contribution in [0.3, 0.4) is 0 Å². The molecule has 2 aromatic carbocycles. The molecule has 1 aromatic heterocycles. The highest BCUT2D eigenvalue weighted by molar-refractivity contribution is 6.31. The van der Waals surface area contributed by atoms with Crippen molar-refractivity contribution in [1.29, 1.82) is 0 Å². The van der Waals surface area contributed by atoms with Gasteiger partial charge in [-0.25, -0.2) is 4.39 Å². The van der Waals surface area contributed by atoms with Crippen LogP contribution < -0.4 is 10.2 Å². The summed E-state index contributed by atoms with van der Waals surface area (Å²) < 4.78 is 25.7. The molecule has 2 amide bonds. The maximum Gasteiger partial charge on any atom is 0.293 e. The lowest BCUT2D eigenvalue weighted by Crippen LogP contribution is -2.47. The lowest BCUT2D eigenvalue weighted by Gasteiger charge is -2.38. The molecule has 1 fully saturated rings. The van der Waals surface area contributed by atoms with Crippen LogP contribution in [0.5, 0.6) is 0 Å². The molecule has 2 atom stereocenters. The SMILES string of the molecule is CC1CN(C(CNC(=O)c2ccccc2N(C)C(=O)c2ccco2)c2c(F)cccc2Cl)CCO1. The molecule has 1 N–H and O–H groups in total. The Kier molecular flexibility index (Phi) is 7.85. The average Bonchev–Trinajstić information content (AvgIpc) is 3.40. The molecule has 1 saturated heterocycles. The van der Waals surface area contributed by atoms with Gasteiger partial charge < -0.3 is 19.4 Å². The zero-order valence-corrected chi connectivity index (χ0v) is 20.3. The zero-order valence-electron chi connectivity index (χ0n) is 19.5. The summed E-state index contributed by atoms with van der Waals surface area (Å²) in [6.45, 7) is 3.72. The van der Waals surface area contributed by atoms with Crippen LogP contribution in [-0.4, -0.2) is 56.1 Å². The fourth-order valence-electron chi connectivity index (χ4n) is 4.29. The first kappa shape index (κ1) is 24.9. The number of para-hydroxylation sites is 1. The molecule has 2 unspecified atom stereocenters. The van der Waals surface area contributed by atoms with Crippen molar-refractivity contribution < 1.29 is 23.1 Å². The largest absolute Gasteiger partial charge is 0.459 e. The summed E-state index contributed by atoms with van der Waals surface area (Å²) in [6.07, 6.45) is 1.38. The van der Waals surface area contributed by atoms with Crippen molar-refractivity contribution in [3.63, 3.8) is 0 Å². The van der Waals surface area contributed by atoms with Crippen LogP contribution in [0, 0.1) is 5.82 Å². The van der Waals surface area contributed by atoms with Crippen LogP contribution >= 0.6 is 11.6 Å². The van der Waals surface area contributed by atoms with Crippen molar-refractivity contribution in [2.75, 3.05) is 38.2 Å². The third-order valence-electron chi connectivity index (χ3n) is 6.05. The summed E-state index contributed by atoms with van der Waals surface area (Å²) in [5, 5.41) is 3.22. The van der Waals surface area contributed by atoms with Gasteiger partial charge in [0.25, 0.3) is 11.8 Å². The fourth-order valence-corrected chi connectivity index (χ4v) is 4.58. The Morgan fingerprint density at radius 1 is 1.20 bits per heavy atom. The van der Waals surface area contributed by atoms with Crippen molar-refractivity contribution in [2.45, 2.75) is 19.1 Å². The summed E-state index contributed by atoms with van der Waals surface area (Å²) in [5.74, 6) is -1.04. The van der Waals surface area contributed by atoms with Gasteiger partial charge in [-0.3, -0.25) is 14.5 Å². The van der Waals surface area contributed by atoms with E-state index in [0.29, 0.717) is 41.5 Å². The molecule has 1 aliphatic rings.